The van der Waals surface area contributed by atoms with Gasteiger partial charge in [0, 0.05) is 6.61 Å². The topological polar surface area (TPSA) is 92.7 Å². The molecule has 0 aromatic carbocycles. The Morgan fingerprint density at radius 3 is 2.75 bits per heavy atom. The van der Waals surface area contributed by atoms with Gasteiger partial charge in [-0.05, 0) is 38.3 Å². The molecule has 1 aromatic heterocycles. The second-order valence-electron chi connectivity index (χ2n) is 5.21. The molecule has 2 heterocycles. The highest BCUT2D eigenvalue weighted by molar-refractivity contribution is 7.91. The Hall–Kier alpha value is -0.960. The molecule has 20 heavy (non-hydrogen) atoms. The van der Waals surface area contributed by atoms with Crippen LogP contribution < -0.4 is 4.72 Å². The van der Waals surface area contributed by atoms with E-state index in [2.05, 4.69) is 4.72 Å². The molecule has 6 nitrogen and oxygen atoms in total. The summed E-state index contributed by atoms with van der Waals surface area (Å²) >= 11 is 0.771. The molecule has 1 fully saturated rings. The number of aryl methyl sites for hydroxylation is 1. The molecule has 8 heteroatoms. The summed E-state index contributed by atoms with van der Waals surface area (Å²) in [5.41, 5.74) is -0.189. The number of carbonyl (C=O) groups is 1. The molecule has 2 N–H and O–H groups in total. The van der Waals surface area contributed by atoms with Crippen LogP contribution in [-0.2, 0) is 14.8 Å². The van der Waals surface area contributed by atoms with Gasteiger partial charge >= 0.3 is 5.97 Å². The fraction of sp³-hybridized carbons (Fsp3) is 0.583. The van der Waals surface area contributed by atoms with Crippen molar-refractivity contribution in [2.24, 2.45) is 0 Å². The van der Waals surface area contributed by atoms with Gasteiger partial charge in [0.25, 0.3) is 10.0 Å². The summed E-state index contributed by atoms with van der Waals surface area (Å²) in [7, 11) is -3.73. The Bertz CT molecular complexity index is 614. The number of sulfonamides is 1. The van der Waals surface area contributed by atoms with Crippen LogP contribution in [0.25, 0.3) is 0 Å². The third-order valence-electron chi connectivity index (χ3n) is 3.17. The van der Waals surface area contributed by atoms with E-state index in [-0.39, 0.29) is 9.09 Å². The summed E-state index contributed by atoms with van der Waals surface area (Å²) < 4.78 is 32.7. The third-order valence-corrected chi connectivity index (χ3v) is 6.51. The van der Waals surface area contributed by atoms with Crippen LogP contribution in [0.1, 0.15) is 35.0 Å². The van der Waals surface area contributed by atoms with Gasteiger partial charge in [0.2, 0.25) is 0 Å². The van der Waals surface area contributed by atoms with Crippen molar-refractivity contribution in [2.45, 2.75) is 36.4 Å². The molecule has 1 saturated heterocycles. The Labute approximate surface area is 121 Å². The molecule has 0 bridgehead atoms. The van der Waals surface area contributed by atoms with Crippen LogP contribution in [0.2, 0.25) is 0 Å². The molecule has 1 aromatic rings. The maximum Gasteiger partial charge on any atom is 0.346 e. The van der Waals surface area contributed by atoms with E-state index in [1.165, 1.54) is 6.07 Å². The molecule has 0 saturated carbocycles. The van der Waals surface area contributed by atoms with Crippen molar-refractivity contribution < 1.29 is 23.1 Å². The lowest BCUT2D eigenvalue weighted by Gasteiger charge is -2.33. The van der Waals surface area contributed by atoms with Crippen LogP contribution in [0.15, 0.2) is 10.3 Å². The highest BCUT2D eigenvalue weighted by atomic mass is 32.2. The summed E-state index contributed by atoms with van der Waals surface area (Å²) in [6.07, 6.45) is 1.49. The number of nitrogens with one attached hydrogen (secondary N) is 1. The first kappa shape index (κ1) is 15.4. The molecular weight excluding hydrogens is 302 g/mol. The maximum absolute atomic E-state index is 12.3. The van der Waals surface area contributed by atoms with Gasteiger partial charge in [-0.3, -0.25) is 0 Å². The molecule has 1 atom stereocenters. The first-order valence-electron chi connectivity index (χ1n) is 6.19. The number of carboxylic acid groups (broad SMARTS) is 1. The van der Waals surface area contributed by atoms with Gasteiger partial charge in [0.05, 0.1) is 12.1 Å². The predicted octanol–water partition coefficient (Wildman–Crippen LogP) is 1.60. The molecule has 1 unspecified atom stereocenters. The average molecular weight is 319 g/mol. The van der Waals surface area contributed by atoms with Gasteiger partial charge in [0.15, 0.2) is 0 Å². The Morgan fingerprint density at radius 1 is 1.55 bits per heavy atom. The first-order chi connectivity index (χ1) is 9.23. The maximum atomic E-state index is 12.3. The van der Waals surface area contributed by atoms with Crippen LogP contribution in [0, 0.1) is 6.92 Å². The van der Waals surface area contributed by atoms with E-state index in [9.17, 15) is 13.2 Å². The standard InChI is InChI=1S/C12H17NO5S2/c1-8-6-9(19-10(8)11(14)15)20(16,17)13-12(2)4-3-5-18-7-12/h6,13H,3-5,7H2,1-2H3,(H,14,15). The first-order valence-corrected chi connectivity index (χ1v) is 8.49. The van der Waals surface area contributed by atoms with Crippen molar-refractivity contribution in [1.29, 1.82) is 0 Å². The van der Waals surface area contributed by atoms with Gasteiger partial charge in [0.1, 0.15) is 9.09 Å². The minimum atomic E-state index is -3.73. The average Bonchev–Trinajstić information content (AvgIpc) is 2.72. The van der Waals surface area contributed by atoms with E-state index >= 15 is 0 Å². The quantitative estimate of drug-likeness (QED) is 0.879. The molecular formula is C12H17NO5S2. The lowest BCUT2D eigenvalue weighted by Crippen LogP contribution is -2.51. The van der Waals surface area contributed by atoms with E-state index in [0.717, 1.165) is 17.8 Å². The van der Waals surface area contributed by atoms with Crippen molar-refractivity contribution in [3.05, 3.63) is 16.5 Å². The van der Waals surface area contributed by atoms with Crippen LogP contribution in [0.3, 0.4) is 0 Å². The Morgan fingerprint density at radius 2 is 2.25 bits per heavy atom. The van der Waals surface area contributed by atoms with E-state index < -0.39 is 21.5 Å². The molecule has 0 radical (unpaired) electrons. The van der Waals surface area contributed by atoms with Crippen molar-refractivity contribution in [2.75, 3.05) is 13.2 Å². The largest absolute Gasteiger partial charge is 0.477 e. The second kappa shape index (κ2) is 5.44. The lowest BCUT2D eigenvalue weighted by molar-refractivity contribution is 0.0387. The van der Waals surface area contributed by atoms with E-state index in [0.29, 0.717) is 25.2 Å². The summed E-state index contributed by atoms with van der Waals surface area (Å²) in [5.74, 6) is -1.11. The molecule has 1 aliphatic rings. The van der Waals surface area contributed by atoms with Crippen LogP contribution in [0.5, 0.6) is 0 Å². The zero-order chi connectivity index (χ0) is 15.0. The van der Waals surface area contributed by atoms with Crippen LogP contribution >= 0.6 is 11.3 Å². The molecule has 0 spiro atoms. The number of rotatable bonds is 4. The highest BCUT2D eigenvalue weighted by Crippen LogP contribution is 2.28. The summed E-state index contributed by atoms with van der Waals surface area (Å²) in [4.78, 5) is 11.0. The molecule has 1 aliphatic heterocycles. The van der Waals surface area contributed by atoms with Gasteiger partial charge < -0.3 is 9.84 Å². The van der Waals surface area contributed by atoms with Gasteiger partial charge in [-0.1, -0.05) is 0 Å². The van der Waals surface area contributed by atoms with Gasteiger partial charge in [-0.2, -0.15) is 0 Å². The minimum absolute atomic E-state index is 0.0270. The zero-order valence-corrected chi connectivity index (χ0v) is 12.9. The summed E-state index contributed by atoms with van der Waals surface area (Å²) in [5, 5.41) is 8.99. The SMILES string of the molecule is Cc1cc(S(=O)(=O)NC2(C)CCCOC2)sc1C(=O)O. The number of aromatic carboxylic acids is 1. The molecule has 0 aliphatic carbocycles. The summed E-state index contributed by atoms with van der Waals surface area (Å²) in [6.45, 7) is 4.34. The molecule has 2 rings (SSSR count). The van der Waals surface area contributed by atoms with Crippen molar-refractivity contribution in [1.82, 2.24) is 4.72 Å². The second-order valence-corrected chi connectivity index (χ2v) is 8.17. The van der Waals surface area contributed by atoms with Crippen molar-refractivity contribution in [3.63, 3.8) is 0 Å². The van der Waals surface area contributed by atoms with Crippen LogP contribution in [0.4, 0.5) is 0 Å². The Balaban J connectivity index is 2.26. The fourth-order valence-electron chi connectivity index (χ4n) is 2.19. The number of hydrogen-bond donors (Lipinski definition) is 2. The monoisotopic (exact) mass is 319 g/mol. The van der Waals surface area contributed by atoms with Gasteiger partial charge in [-0.15, -0.1) is 11.3 Å². The number of carboxylic acids is 1. The number of ether oxygens (including phenoxy) is 1. The Kier molecular flexibility index (Phi) is 4.19. The summed E-state index contributed by atoms with van der Waals surface area (Å²) in [6, 6.07) is 1.39. The highest BCUT2D eigenvalue weighted by Gasteiger charge is 2.34. The van der Waals surface area contributed by atoms with E-state index in [4.69, 9.17) is 9.84 Å². The fourth-order valence-corrected chi connectivity index (χ4v) is 4.99. The van der Waals surface area contributed by atoms with Crippen molar-refractivity contribution >= 4 is 27.3 Å². The third kappa shape index (κ3) is 3.20. The predicted molar refractivity (Wildman–Crippen MR) is 74.8 cm³/mol. The number of hydrogen-bond acceptors (Lipinski definition) is 5. The minimum Gasteiger partial charge on any atom is -0.477 e. The number of thiophene rings is 1. The normalized spacial score (nSPS) is 23.7. The zero-order valence-electron chi connectivity index (χ0n) is 11.3. The van der Waals surface area contributed by atoms with Gasteiger partial charge in [-0.25, -0.2) is 17.9 Å². The molecule has 112 valence electrons. The van der Waals surface area contributed by atoms with E-state index in [1.807, 2.05) is 0 Å². The van der Waals surface area contributed by atoms with Crippen molar-refractivity contribution in [3.8, 4) is 0 Å². The van der Waals surface area contributed by atoms with E-state index in [1.54, 1.807) is 13.8 Å². The van der Waals surface area contributed by atoms with Crippen LogP contribution in [-0.4, -0.2) is 38.2 Å². The molecule has 0 amide bonds. The lowest BCUT2D eigenvalue weighted by atomic mass is 9.97. The smallest absolute Gasteiger partial charge is 0.346 e.